The monoisotopic (exact) mass is 429 g/mol. The van der Waals surface area contributed by atoms with Gasteiger partial charge in [0.05, 0.1) is 17.2 Å². The summed E-state index contributed by atoms with van der Waals surface area (Å²) in [7, 11) is 0. The fraction of sp³-hybridized carbons (Fsp3) is 0.438. The van der Waals surface area contributed by atoms with E-state index in [0.29, 0.717) is 17.4 Å². The Kier molecular flexibility index (Phi) is 7.37. The second kappa shape index (κ2) is 9.28. The van der Waals surface area contributed by atoms with E-state index in [1.807, 2.05) is 6.07 Å². The number of hydrogen-bond donors (Lipinski definition) is 2. The second-order valence-corrected chi connectivity index (χ2v) is 6.70. The zero-order valence-corrected chi connectivity index (χ0v) is 16.1. The van der Waals surface area contributed by atoms with Crippen LogP contribution in [0.5, 0.6) is 0 Å². The molecule has 1 saturated heterocycles. The van der Waals surface area contributed by atoms with Crippen LogP contribution in [0.25, 0.3) is 10.9 Å². The van der Waals surface area contributed by atoms with E-state index in [1.54, 1.807) is 12.1 Å². The van der Waals surface area contributed by atoms with Crippen molar-refractivity contribution in [3.05, 3.63) is 39.4 Å². The summed E-state index contributed by atoms with van der Waals surface area (Å²) < 4.78 is 2.15. The van der Waals surface area contributed by atoms with E-state index in [1.165, 1.54) is 10.9 Å². The van der Waals surface area contributed by atoms with Gasteiger partial charge in [-0.15, -0.1) is 12.4 Å². The molecule has 2 heterocycles. The number of carbonyl (C=O) groups excluding carboxylic acids is 1. The number of benzene rings is 1. The summed E-state index contributed by atoms with van der Waals surface area (Å²) in [6, 6.07) is 5.34. The van der Waals surface area contributed by atoms with Crippen molar-refractivity contribution in [2.24, 2.45) is 0 Å². The number of amides is 1. The Morgan fingerprint density at radius 2 is 2.08 bits per heavy atom. The van der Waals surface area contributed by atoms with E-state index in [-0.39, 0.29) is 30.4 Å². The molecular weight excluding hydrogens is 410 g/mol. The molecule has 0 atom stereocenters. The number of hydrogen-bond acceptors (Lipinski definition) is 5. The Bertz CT molecular complexity index is 792. The lowest BCUT2D eigenvalue weighted by Gasteiger charge is -2.27. The number of aromatic nitrogens is 2. The van der Waals surface area contributed by atoms with Crippen LogP contribution in [-0.2, 0) is 11.3 Å². The van der Waals surface area contributed by atoms with Crippen molar-refractivity contribution in [2.45, 2.75) is 6.54 Å². The average Bonchev–Trinajstić information content (AvgIpc) is 2.59. The molecule has 0 unspecified atom stereocenters. The largest absolute Gasteiger partial charge is 0.353 e. The Balaban J connectivity index is 0.00000225. The topological polar surface area (TPSA) is 79.3 Å². The van der Waals surface area contributed by atoms with Gasteiger partial charge in [0.15, 0.2) is 0 Å². The Morgan fingerprint density at radius 3 is 2.84 bits per heavy atom. The molecule has 1 aliphatic heterocycles. The van der Waals surface area contributed by atoms with Gasteiger partial charge in [0.25, 0.3) is 5.56 Å². The molecule has 25 heavy (non-hydrogen) atoms. The van der Waals surface area contributed by atoms with Gasteiger partial charge in [-0.3, -0.25) is 19.1 Å². The lowest BCUT2D eigenvalue weighted by molar-refractivity contribution is -0.121. The molecule has 0 aliphatic carbocycles. The van der Waals surface area contributed by atoms with Crippen molar-refractivity contribution in [3.63, 3.8) is 0 Å². The van der Waals surface area contributed by atoms with Crippen molar-refractivity contribution in [1.29, 1.82) is 0 Å². The molecule has 0 bridgehead atoms. The third-order valence-corrected chi connectivity index (χ3v) is 4.55. The molecule has 0 spiro atoms. The molecule has 0 saturated carbocycles. The fourth-order valence-electron chi connectivity index (χ4n) is 2.74. The molecule has 9 heteroatoms. The highest BCUT2D eigenvalue weighted by Crippen LogP contribution is 2.14. The summed E-state index contributed by atoms with van der Waals surface area (Å²) in [5.41, 5.74) is 0.414. The predicted octanol–water partition coefficient (Wildman–Crippen LogP) is 0.602. The predicted molar refractivity (Wildman–Crippen MR) is 103 cm³/mol. The zero-order chi connectivity index (χ0) is 16.9. The minimum Gasteiger partial charge on any atom is -0.353 e. The summed E-state index contributed by atoms with van der Waals surface area (Å²) in [5.74, 6) is -0.177. The number of nitrogens with one attached hydrogen (secondary N) is 2. The van der Waals surface area contributed by atoms with Crippen LogP contribution in [0.3, 0.4) is 0 Å². The lowest BCUT2D eigenvalue weighted by atomic mass is 10.2. The summed E-state index contributed by atoms with van der Waals surface area (Å²) in [5, 5.41) is 6.66. The van der Waals surface area contributed by atoms with Crippen molar-refractivity contribution in [2.75, 3.05) is 39.3 Å². The minimum absolute atomic E-state index is 0. The molecule has 1 aromatic carbocycles. The van der Waals surface area contributed by atoms with Gasteiger partial charge in [0.1, 0.15) is 6.54 Å². The van der Waals surface area contributed by atoms with Gasteiger partial charge in [-0.2, -0.15) is 0 Å². The van der Waals surface area contributed by atoms with E-state index >= 15 is 0 Å². The summed E-state index contributed by atoms with van der Waals surface area (Å²) in [6.45, 7) is 5.36. The molecular formula is C16H21BrClN5O2. The minimum atomic E-state index is -0.210. The third-order valence-electron chi connectivity index (χ3n) is 4.06. The molecule has 0 radical (unpaired) electrons. The SMILES string of the molecule is Cl.O=C(Cn1cnc2ccc(Br)cc2c1=O)NCCN1CCNCC1. The maximum absolute atomic E-state index is 12.4. The molecule has 1 fully saturated rings. The number of halogens is 2. The van der Waals surface area contributed by atoms with E-state index in [9.17, 15) is 9.59 Å². The molecule has 1 aliphatic rings. The van der Waals surface area contributed by atoms with Gasteiger partial charge in [-0.25, -0.2) is 4.98 Å². The number of rotatable bonds is 5. The van der Waals surface area contributed by atoms with Crippen LogP contribution in [-0.4, -0.2) is 59.6 Å². The van der Waals surface area contributed by atoms with Crippen LogP contribution in [0, 0.1) is 0 Å². The quantitative estimate of drug-likeness (QED) is 0.726. The van der Waals surface area contributed by atoms with Crippen LogP contribution < -0.4 is 16.2 Å². The van der Waals surface area contributed by atoms with Crippen LogP contribution in [0.15, 0.2) is 33.8 Å². The Hall–Kier alpha value is -1.48. The first-order valence-corrected chi connectivity index (χ1v) is 8.77. The molecule has 1 aromatic heterocycles. The highest BCUT2D eigenvalue weighted by molar-refractivity contribution is 9.10. The number of carbonyl (C=O) groups is 1. The van der Waals surface area contributed by atoms with E-state index < -0.39 is 0 Å². The Morgan fingerprint density at radius 1 is 1.32 bits per heavy atom. The maximum atomic E-state index is 12.4. The van der Waals surface area contributed by atoms with Gasteiger partial charge >= 0.3 is 0 Å². The average molecular weight is 431 g/mol. The van der Waals surface area contributed by atoms with Crippen LogP contribution in [0.2, 0.25) is 0 Å². The highest BCUT2D eigenvalue weighted by atomic mass is 79.9. The molecule has 2 N–H and O–H groups in total. The summed E-state index contributed by atoms with van der Waals surface area (Å²) >= 11 is 3.35. The molecule has 7 nitrogen and oxygen atoms in total. The molecule has 136 valence electrons. The van der Waals surface area contributed by atoms with Gasteiger partial charge in [-0.05, 0) is 18.2 Å². The van der Waals surface area contributed by atoms with E-state index in [2.05, 4.69) is 36.4 Å². The maximum Gasteiger partial charge on any atom is 0.261 e. The highest BCUT2D eigenvalue weighted by Gasteiger charge is 2.11. The summed E-state index contributed by atoms with van der Waals surface area (Å²) in [4.78, 5) is 31.1. The standard InChI is InChI=1S/C16H20BrN5O2.ClH/c17-12-1-2-14-13(9-12)16(24)22(11-20-14)10-15(23)19-5-8-21-6-3-18-4-7-21;/h1-2,9,11,18H,3-8,10H2,(H,19,23);1H. The van der Waals surface area contributed by atoms with Gasteiger partial charge in [0.2, 0.25) is 5.91 Å². The first-order valence-electron chi connectivity index (χ1n) is 7.98. The van der Waals surface area contributed by atoms with Crippen molar-refractivity contribution in [3.8, 4) is 0 Å². The van der Waals surface area contributed by atoms with Gasteiger partial charge in [0, 0.05) is 43.7 Å². The first kappa shape index (κ1) is 19.8. The molecule has 1 amide bonds. The zero-order valence-electron chi connectivity index (χ0n) is 13.7. The van der Waals surface area contributed by atoms with Crippen LogP contribution >= 0.6 is 28.3 Å². The van der Waals surface area contributed by atoms with Crippen LogP contribution in [0.4, 0.5) is 0 Å². The van der Waals surface area contributed by atoms with Crippen molar-refractivity contribution in [1.82, 2.24) is 25.1 Å². The molecule has 3 rings (SSSR count). The van der Waals surface area contributed by atoms with Crippen molar-refractivity contribution >= 4 is 45.1 Å². The molecule has 2 aromatic rings. The number of fused-ring (bicyclic) bond motifs is 1. The van der Waals surface area contributed by atoms with Crippen LogP contribution in [0.1, 0.15) is 0 Å². The van der Waals surface area contributed by atoms with Gasteiger partial charge < -0.3 is 10.6 Å². The van der Waals surface area contributed by atoms with Gasteiger partial charge in [-0.1, -0.05) is 15.9 Å². The Labute approximate surface area is 160 Å². The summed E-state index contributed by atoms with van der Waals surface area (Å²) in [6.07, 6.45) is 1.43. The lowest BCUT2D eigenvalue weighted by Crippen LogP contribution is -2.46. The fourth-order valence-corrected chi connectivity index (χ4v) is 3.10. The first-order chi connectivity index (χ1) is 11.6. The van der Waals surface area contributed by atoms with E-state index in [4.69, 9.17) is 0 Å². The number of nitrogens with zero attached hydrogens (tertiary/aromatic N) is 3. The normalized spacial score (nSPS) is 14.9. The third kappa shape index (κ3) is 5.24. The van der Waals surface area contributed by atoms with E-state index in [0.717, 1.165) is 37.2 Å². The second-order valence-electron chi connectivity index (χ2n) is 5.78. The smallest absolute Gasteiger partial charge is 0.261 e. The van der Waals surface area contributed by atoms with Crippen molar-refractivity contribution < 1.29 is 4.79 Å². The number of piperazine rings is 1.